The van der Waals surface area contributed by atoms with Gasteiger partial charge in [0.15, 0.2) is 0 Å². The summed E-state index contributed by atoms with van der Waals surface area (Å²) >= 11 is 0. The molecule has 2 rings (SSSR count). The maximum Gasteiger partial charge on any atom is 0.222 e. The number of aromatic nitrogens is 2. The van der Waals surface area contributed by atoms with E-state index < -0.39 is 0 Å². The third-order valence-electron chi connectivity index (χ3n) is 2.97. The first-order valence-corrected chi connectivity index (χ1v) is 6.34. The molecule has 0 aliphatic rings. The van der Waals surface area contributed by atoms with Crippen molar-refractivity contribution in [3.8, 4) is 0 Å². The fourth-order valence-electron chi connectivity index (χ4n) is 2.00. The lowest BCUT2D eigenvalue weighted by atomic mass is 10.1. The van der Waals surface area contributed by atoms with Gasteiger partial charge in [-0.05, 0) is 31.9 Å². The first-order valence-electron chi connectivity index (χ1n) is 6.34. The van der Waals surface area contributed by atoms with Crippen LogP contribution in [0.5, 0.6) is 0 Å². The van der Waals surface area contributed by atoms with Gasteiger partial charge in [0.25, 0.3) is 0 Å². The standard InChI is InChI=1S/C14H19N5/c1-10-12(13(15)19-14(16)18-10)8-5-9-17-11-6-3-2-4-7-11/h2-4,6-7,17H,5,8-9H2,1H3,(H4,15,16,18,19). The van der Waals surface area contributed by atoms with Crippen LogP contribution < -0.4 is 16.8 Å². The minimum Gasteiger partial charge on any atom is -0.385 e. The van der Waals surface area contributed by atoms with Crippen LogP contribution >= 0.6 is 0 Å². The second-order valence-corrected chi connectivity index (χ2v) is 4.43. The molecule has 0 saturated heterocycles. The molecule has 0 aliphatic carbocycles. The largest absolute Gasteiger partial charge is 0.385 e. The molecule has 0 aliphatic heterocycles. The van der Waals surface area contributed by atoms with E-state index in [-0.39, 0.29) is 5.95 Å². The van der Waals surface area contributed by atoms with Gasteiger partial charge in [-0.15, -0.1) is 0 Å². The number of nitrogens with one attached hydrogen (secondary N) is 1. The molecule has 2 aromatic rings. The average molecular weight is 257 g/mol. The molecular formula is C14H19N5. The number of benzene rings is 1. The van der Waals surface area contributed by atoms with Crippen molar-refractivity contribution in [2.45, 2.75) is 19.8 Å². The van der Waals surface area contributed by atoms with E-state index in [9.17, 15) is 0 Å². The van der Waals surface area contributed by atoms with Crippen LogP contribution in [0.25, 0.3) is 0 Å². The van der Waals surface area contributed by atoms with E-state index in [1.165, 1.54) is 0 Å². The molecule has 1 aromatic heterocycles. The predicted octanol–water partition coefficient (Wildman–Crippen LogP) is 1.99. The molecule has 0 amide bonds. The summed E-state index contributed by atoms with van der Waals surface area (Å²) in [5.74, 6) is 0.728. The third kappa shape index (κ3) is 3.58. The van der Waals surface area contributed by atoms with Crippen LogP contribution in [0, 0.1) is 6.92 Å². The third-order valence-corrected chi connectivity index (χ3v) is 2.97. The van der Waals surface area contributed by atoms with Gasteiger partial charge in [-0.25, -0.2) is 4.98 Å². The van der Waals surface area contributed by atoms with Crippen LogP contribution in [0.1, 0.15) is 17.7 Å². The first kappa shape index (κ1) is 13.1. The van der Waals surface area contributed by atoms with Crippen LogP contribution in [0.2, 0.25) is 0 Å². The first-order chi connectivity index (χ1) is 9.16. The monoisotopic (exact) mass is 257 g/mol. The number of nitrogens with two attached hydrogens (primary N) is 2. The lowest BCUT2D eigenvalue weighted by Gasteiger charge is -2.10. The van der Waals surface area contributed by atoms with Gasteiger partial charge in [0.2, 0.25) is 5.95 Å². The van der Waals surface area contributed by atoms with E-state index in [4.69, 9.17) is 11.5 Å². The Bertz CT molecular complexity index is 516. The van der Waals surface area contributed by atoms with Crippen LogP contribution in [0.3, 0.4) is 0 Å². The van der Waals surface area contributed by atoms with E-state index in [1.54, 1.807) is 0 Å². The van der Waals surface area contributed by atoms with Gasteiger partial charge in [0, 0.05) is 23.5 Å². The molecule has 0 saturated carbocycles. The zero-order valence-corrected chi connectivity index (χ0v) is 11.1. The second kappa shape index (κ2) is 6.04. The van der Waals surface area contributed by atoms with Crippen molar-refractivity contribution in [2.75, 3.05) is 23.3 Å². The molecule has 5 nitrogen and oxygen atoms in total. The van der Waals surface area contributed by atoms with Crippen molar-refractivity contribution in [1.29, 1.82) is 0 Å². The van der Waals surface area contributed by atoms with Gasteiger partial charge in [-0.1, -0.05) is 18.2 Å². The molecule has 0 radical (unpaired) electrons. The Hall–Kier alpha value is -2.30. The Kier molecular flexibility index (Phi) is 4.18. The topological polar surface area (TPSA) is 89.8 Å². The van der Waals surface area contributed by atoms with Crippen molar-refractivity contribution in [3.05, 3.63) is 41.6 Å². The highest BCUT2D eigenvalue weighted by molar-refractivity contribution is 5.46. The molecule has 19 heavy (non-hydrogen) atoms. The van der Waals surface area contributed by atoms with Gasteiger partial charge < -0.3 is 16.8 Å². The molecule has 5 N–H and O–H groups in total. The number of anilines is 3. The van der Waals surface area contributed by atoms with E-state index in [0.29, 0.717) is 5.82 Å². The van der Waals surface area contributed by atoms with Crippen LogP contribution in [-0.2, 0) is 6.42 Å². The summed E-state index contributed by atoms with van der Waals surface area (Å²) in [5.41, 5.74) is 14.4. The smallest absolute Gasteiger partial charge is 0.222 e. The highest BCUT2D eigenvalue weighted by atomic mass is 15.0. The van der Waals surface area contributed by atoms with Crippen LogP contribution in [-0.4, -0.2) is 16.5 Å². The van der Waals surface area contributed by atoms with Crippen LogP contribution in [0.4, 0.5) is 17.5 Å². The Morgan fingerprint density at radius 2 is 1.84 bits per heavy atom. The number of nitrogens with zero attached hydrogens (tertiary/aromatic N) is 2. The number of para-hydroxylation sites is 1. The predicted molar refractivity (Wildman–Crippen MR) is 78.8 cm³/mol. The van der Waals surface area contributed by atoms with Crippen molar-refractivity contribution in [2.24, 2.45) is 0 Å². The highest BCUT2D eigenvalue weighted by Crippen LogP contribution is 2.16. The quantitative estimate of drug-likeness (QED) is 0.713. The number of rotatable bonds is 5. The number of hydrogen-bond acceptors (Lipinski definition) is 5. The van der Waals surface area contributed by atoms with E-state index in [0.717, 1.165) is 36.3 Å². The molecule has 5 heteroatoms. The molecule has 0 bridgehead atoms. The van der Waals surface area contributed by atoms with Gasteiger partial charge in [-0.3, -0.25) is 0 Å². The summed E-state index contributed by atoms with van der Waals surface area (Å²) in [4.78, 5) is 8.13. The van der Waals surface area contributed by atoms with Crippen molar-refractivity contribution >= 4 is 17.5 Å². The zero-order chi connectivity index (χ0) is 13.7. The van der Waals surface area contributed by atoms with Crippen LogP contribution in [0.15, 0.2) is 30.3 Å². The summed E-state index contributed by atoms with van der Waals surface area (Å²) in [6.07, 6.45) is 1.81. The maximum atomic E-state index is 5.86. The molecule has 0 spiro atoms. The minimum atomic E-state index is 0.237. The maximum absolute atomic E-state index is 5.86. The van der Waals surface area contributed by atoms with Gasteiger partial charge in [0.05, 0.1) is 0 Å². The summed E-state index contributed by atoms with van der Waals surface area (Å²) < 4.78 is 0. The molecule has 0 fully saturated rings. The Balaban J connectivity index is 1.86. The van der Waals surface area contributed by atoms with Gasteiger partial charge >= 0.3 is 0 Å². The summed E-state index contributed by atoms with van der Waals surface area (Å²) in [6.45, 7) is 2.79. The van der Waals surface area contributed by atoms with Crippen molar-refractivity contribution in [3.63, 3.8) is 0 Å². The SMILES string of the molecule is Cc1nc(N)nc(N)c1CCCNc1ccccc1. The van der Waals surface area contributed by atoms with E-state index in [1.807, 2.05) is 37.3 Å². The lowest BCUT2D eigenvalue weighted by molar-refractivity contribution is 0.845. The number of nitrogen functional groups attached to an aromatic ring is 2. The average Bonchev–Trinajstić information content (AvgIpc) is 2.38. The molecular weight excluding hydrogens is 238 g/mol. The molecule has 1 aromatic carbocycles. The summed E-state index contributed by atoms with van der Waals surface area (Å²) in [5, 5.41) is 3.36. The lowest BCUT2D eigenvalue weighted by Crippen LogP contribution is -2.09. The Labute approximate surface area is 113 Å². The summed E-state index contributed by atoms with van der Waals surface area (Å²) in [6, 6.07) is 10.1. The minimum absolute atomic E-state index is 0.237. The van der Waals surface area contributed by atoms with E-state index in [2.05, 4.69) is 15.3 Å². The molecule has 0 atom stereocenters. The fraction of sp³-hybridized carbons (Fsp3) is 0.286. The zero-order valence-electron chi connectivity index (χ0n) is 11.1. The number of aryl methyl sites for hydroxylation is 1. The van der Waals surface area contributed by atoms with Crippen molar-refractivity contribution < 1.29 is 0 Å². The Morgan fingerprint density at radius 1 is 1.11 bits per heavy atom. The van der Waals surface area contributed by atoms with Gasteiger partial charge in [-0.2, -0.15) is 4.98 Å². The van der Waals surface area contributed by atoms with Crippen molar-refractivity contribution in [1.82, 2.24) is 9.97 Å². The van der Waals surface area contributed by atoms with Gasteiger partial charge in [0.1, 0.15) is 5.82 Å². The Morgan fingerprint density at radius 3 is 2.53 bits per heavy atom. The highest BCUT2D eigenvalue weighted by Gasteiger charge is 2.07. The fourth-order valence-corrected chi connectivity index (χ4v) is 2.00. The summed E-state index contributed by atoms with van der Waals surface area (Å²) in [7, 11) is 0. The number of hydrogen-bond donors (Lipinski definition) is 3. The second-order valence-electron chi connectivity index (χ2n) is 4.43. The van der Waals surface area contributed by atoms with E-state index >= 15 is 0 Å². The molecule has 100 valence electrons. The normalized spacial score (nSPS) is 10.4. The molecule has 0 unspecified atom stereocenters. The molecule has 1 heterocycles.